The van der Waals surface area contributed by atoms with E-state index in [0.29, 0.717) is 6.61 Å². The van der Waals surface area contributed by atoms with Gasteiger partial charge in [-0.05, 0) is 45.7 Å². The molecule has 2 nitrogen and oxygen atoms in total. The molecule has 0 spiro atoms. The van der Waals surface area contributed by atoms with Gasteiger partial charge in [-0.15, -0.1) is 12.4 Å². The Morgan fingerprint density at radius 2 is 1.24 bits per heavy atom. The van der Waals surface area contributed by atoms with Gasteiger partial charge in [0.2, 0.25) is 0 Å². The maximum absolute atomic E-state index is 9.62. The minimum Gasteiger partial charge on any atom is -0.396 e. The minimum absolute atomic E-state index is 0. The molecule has 0 aliphatic heterocycles. The fourth-order valence-electron chi connectivity index (χ4n) is 5.63. The molecule has 1 fully saturated rings. The van der Waals surface area contributed by atoms with Gasteiger partial charge in [0, 0.05) is 12.1 Å². The van der Waals surface area contributed by atoms with E-state index in [1.165, 1.54) is 122 Å². The molecular weight excluding hydrogens is 378 g/mol. The third kappa shape index (κ3) is 12.0. The van der Waals surface area contributed by atoms with E-state index in [1.54, 1.807) is 0 Å². The number of hydrogen-bond acceptors (Lipinski definition) is 2. The Labute approximate surface area is 190 Å². The topological polar surface area (TPSA) is 23.5 Å². The maximum Gasteiger partial charge on any atom is 0.0448 e. The van der Waals surface area contributed by atoms with Gasteiger partial charge in [0.05, 0.1) is 0 Å². The van der Waals surface area contributed by atoms with Gasteiger partial charge in [0.1, 0.15) is 0 Å². The molecule has 0 saturated heterocycles. The summed E-state index contributed by atoms with van der Waals surface area (Å²) in [5.74, 6) is 0.792. The van der Waals surface area contributed by atoms with Gasteiger partial charge in [0.25, 0.3) is 0 Å². The Bertz CT molecular complexity index is 346. The molecule has 29 heavy (non-hydrogen) atoms. The minimum atomic E-state index is 0. The van der Waals surface area contributed by atoms with Crippen molar-refractivity contribution in [3.05, 3.63) is 0 Å². The van der Waals surface area contributed by atoms with Crippen molar-refractivity contribution in [3.8, 4) is 0 Å². The largest absolute Gasteiger partial charge is 0.396 e. The van der Waals surface area contributed by atoms with Crippen LogP contribution in [-0.2, 0) is 0 Å². The fraction of sp³-hybridized carbons (Fsp3) is 1.00. The molecule has 1 aliphatic rings. The molecule has 1 N–H and O–H groups in total. The van der Waals surface area contributed by atoms with Crippen molar-refractivity contribution < 1.29 is 5.11 Å². The summed E-state index contributed by atoms with van der Waals surface area (Å²) in [6.45, 7) is 2.64. The lowest BCUT2D eigenvalue weighted by Crippen LogP contribution is -2.52. The van der Waals surface area contributed by atoms with Crippen LogP contribution in [0.3, 0.4) is 0 Å². The van der Waals surface area contributed by atoms with E-state index >= 15 is 0 Å². The monoisotopic (exact) mass is 431 g/mol. The van der Waals surface area contributed by atoms with Crippen molar-refractivity contribution in [1.29, 1.82) is 0 Å². The summed E-state index contributed by atoms with van der Waals surface area (Å²) in [5, 5.41) is 9.62. The van der Waals surface area contributed by atoms with Crippen LogP contribution < -0.4 is 0 Å². The quantitative estimate of drug-likeness (QED) is 0.221. The van der Waals surface area contributed by atoms with Crippen LogP contribution in [0.25, 0.3) is 0 Å². The molecule has 0 heterocycles. The maximum atomic E-state index is 9.62. The van der Waals surface area contributed by atoms with Crippen LogP contribution in [-0.4, -0.2) is 36.2 Å². The molecular formula is C26H54ClNO. The van der Waals surface area contributed by atoms with Crippen molar-refractivity contribution >= 4 is 12.4 Å². The van der Waals surface area contributed by atoms with Crippen LogP contribution in [0.1, 0.15) is 135 Å². The van der Waals surface area contributed by atoms with Crippen LogP contribution >= 0.6 is 12.4 Å². The van der Waals surface area contributed by atoms with E-state index in [2.05, 4.69) is 25.9 Å². The number of nitrogens with zero attached hydrogens (tertiary/aromatic N) is 1. The van der Waals surface area contributed by atoms with E-state index in [1.807, 2.05) is 0 Å². The average molecular weight is 432 g/mol. The van der Waals surface area contributed by atoms with E-state index in [-0.39, 0.29) is 17.9 Å². The molecule has 1 aliphatic carbocycles. The zero-order valence-corrected chi connectivity index (χ0v) is 21.0. The molecule has 3 heteroatoms. The summed E-state index contributed by atoms with van der Waals surface area (Å²) in [6.07, 6.45) is 27.9. The van der Waals surface area contributed by atoms with Gasteiger partial charge in [-0.1, -0.05) is 110 Å². The Morgan fingerprint density at radius 3 is 1.69 bits per heavy atom. The SMILES string of the molecule is CCCCCCCCCCCCCCCCC1CCCCC1(CCO)N(C)C.Cl. The van der Waals surface area contributed by atoms with Gasteiger partial charge in [-0.2, -0.15) is 0 Å². The molecule has 1 rings (SSSR count). The molecule has 0 aromatic carbocycles. The van der Waals surface area contributed by atoms with Gasteiger partial charge in [0.15, 0.2) is 0 Å². The summed E-state index contributed by atoms with van der Waals surface area (Å²) >= 11 is 0. The van der Waals surface area contributed by atoms with E-state index in [0.717, 1.165) is 12.3 Å². The third-order valence-corrected chi connectivity index (χ3v) is 7.51. The summed E-state index contributed by atoms with van der Waals surface area (Å²) in [4.78, 5) is 2.44. The first-order chi connectivity index (χ1) is 13.7. The Morgan fingerprint density at radius 1 is 0.759 bits per heavy atom. The predicted octanol–water partition coefficient (Wildman–Crippen LogP) is 8.15. The zero-order chi connectivity index (χ0) is 20.5. The van der Waals surface area contributed by atoms with Gasteiger partial charge < -0.3 is 10.0 Å². The summed E-state index contributed by atoms with van der Waals surface area (Å²) in [5.41, 5.74) is 0.267. The van der Waals surface area contributed by atoms with Gasteiger partial charge in [-0.25, -0.2) is 0 Å². The first kappa shape index (κ1) is 29.2. The second-order valence-corrected chi connectivity index (χ2v) is 9.80. The highest BCUT2D eigenvalue weighted by Crippen LogP contribution is 2.42. The molecule has 0 amide bonds. The van der Waals surface area contributed by atoms with Crippen molar-refractivity contribution in [2.75, 3.05) is 20.7 Å². The van der Waals surface area contributed by atoms with Crippen LogP contribution in [0.2, 0.25) is 0 Å². The van der Waals surface area contributed by atoms with Crippen LogP contribution in [0, 0.1) is 5.92 Å². The van der Waals surface area contributed by atoms with E-state index in [4.69, 9.17) is 0 Å². The van der Waals surface area contributed by atoms with Crippen LogP contribution in [0.15, 0.2) is 0 Å². The third-order valence-electron chi connectivity index (χ3n) is 7.51. The average Bonchev–Trinajstić information content (AvgIpc) is 2.69. The summed E-state index contributed by atoms with van der Waals surface area (Å²) in [6, 6.07) is 0. The summed E-state index contributed by atoms with van der Waals surface area (Å²) in [7, 11) is 4.47. The lowest BCUT2D eigenvalue weighted by atomic mass is 9.68. The van der Waals surface area contributed by atoms with E-state index in [9.17, 15) is 5.11 Å². The molecule has 2 unspecified atom stereocenters. The second kappa shape index (κ2) is 18.9. The molecule has 0 radical (unpaired) electrons. The highest BCUT2D eigenvalue weighted by molar-refractivity contribution is 5.85. The molecule has 2 atom stereocenters. The first-order valence-electron chi connectivity index (χ1n) is 13.0. The summed E-state index contributed by atoms with van der Waals surface area (Å²) < 4.78 is 0. The molecule has 1 saturated carbocycles. The van der Waals surface area contributed by atoms with E-state index < -0.39 is 0 Å². The highest BCUT2D eigenvalue weighted by Gasteiger charge is 2.41. The number of unbranched alkanes of at least 4 members (excludes halogenated alkanes) is 13. The lowest BCUT2D eigenvalue weighted by molar-refractivity contribution is 0.00949. The van der Waals surface area contributed by atoms with Crippen molar-refractivity contribution in [2.24, 2.45) is 5.92 Å². The Hall–Kier alpha value is 0.210. The Balaban J connectivity index is 0.00000784. The lowest BCUT2D eigenvalue weighted by Gasteiger charge is -2.49. The Kier molecular flexibility index (Phi) is 19.1. The van der Waals surface area contributed by atoms with Crippen LogP contribution in [0.5, 0.6) is 0 Å². The second-order valence-electron chi connectivity index (χ2n) is 9.80. The number of aliphatic hydroxyl groups excluding tert-OH is 1. The normalized spacial score (nSPS) is 22.0. The van der Waals surface area contributed by atoms with Crippen molar-refractivity contribution in [1.82, 2.24) is 4.90 Å². The van der Waals surface area contributed by atoms with Crippen molar-refractivity contribution in [3.63, 3.8) is 0 Å². The fourth-order valence-corrected chi connectivity index (χ4v) is 5.63. The standard InChI is InChI=1S/C26H53NO.ClH/c1-4-5-6-7-8-9-10-11-12-13-14-15-16-17-20-25-21-18-19-22-26(25,23-24-28)27(2)3;/h25,28H,4-24H2,1-3H3;1H. The number of halogens is 1. The molecule has 176 valence electrons. The molecule has 0 aromatic rings. The zero-order valence-electron chi connectivity index (χ0n) is 20.2. The number of rotatable bonds is 18. The number of aliphatic hydroxyl groups is 1. The van der Waals surface area contributed by atoms with Crippen molar-refractivity contribution in [2.45, 2.75) is 141 Å². The molecule has 0 bridgehead atoms. The van der Waals surface area contributed by atoms with Gasteiger partial charge >= 0.3 is 0 Å². The highest BCUT2D eigenvalue weighted by atomic mass is 35.5. The number of hydrogen-bond donors (Lipinski definition) is 1. The smallest absolute Gasteiger partial charge is 0.0448 e. The predicted molar refractivity (Wildman–Crippen MR) is 132 cm³/mol. The van der Waals surface area contributed by atoms with Gasteiger partial charge in [-0.3, -0.25) is 0 Å². The molecule has 0 aromatic heterocycles. The first-order valence-corrected chi connectivity index (χ1v) is 13.0. The van der Waals surface area contributed by atoms with Crippen LogP contribution in [0.4, 0.5) is 0 Å².